The van der Waals surface area contributed by atoms with Crippen molar-refractivity contribution in [2.75, 3.05) is 17.7 Å². The lowest BCUT2D eigenvalue weighted by Crippen LogP contribution is -2.13. The van der Waals surface area contributed by atoms with Crippen LogP contribution < -0.4 is 10.6 Å². The van der Waals surface area contributed by atoms with Gasteiger partial charge in [-0.2, -0.15) is 0 Å². The van der Waals surface area contributed by atoms with E-state index in [1.165, 1.54) is 5.56 Å². The van der Waals surface area contributed by atoms with Crippen molar-refractivity contribution < 1.29 is 0 Å². The van der Waals surface area contributed by atoms with Gasteiger partial charge >= 0.3 is 0 Å². The van der Waals surface area contributed by atoms with Gasteiger partial charge in [-0.1, -0.05) is 17.7 Å². The van der Waals surface area contributed by atoms with Crippen LogP contribution in [0.15, 0.2) is 41.0 Å². The fourth-order valence-electron chi connectivity index (χ4n) is 1.62. The number of rotatable bonds is 2. The maximum absolute atomic E-state index is 5.96. The predicted molar refractivity (Wildman–Crippen MR) is 75.6 cm³/mol. The first-order valence-corrected chi connectivity index (χ1v) is 6.08. The number of hydrogen-bond donors (Lipinski definition) is 1. The van der Waals surface area contributed by atoms with Gasteiger partial charge in [-0.25, -0.2) is 4.98 Å². The molecule has 1 aromatic carbocycles. The molecule has 0 saturated heterocycles. The number of anilines is 3. The summed E-state index contributed by atoms with van der Waals surface area (Å²) >= 11 is 3.35. The topological polar surface area (TPSA) is 42.2 Å². The second-order valence-electron chi connectivity index (χ2n) is 3.96. The quantitative estimate of drug-likeness (QED) is 0.921. The van der Waals surface area contributed by atoms with Crippen molar-refractivity contribution in [1.29, 1.82) is 0 Å². The van der Waals surface area contributed by atoms with Crippen LogP contribution in [0.1, 0.15) is 5.56 Å². The number of nitrogen functional groups attached to an aromatic ring is 1. The first-order valence-electron chi connectivity index (χ1n) is 5.29. The molecule has 2 aromatic rings. The third-order valence-electron chi connectivity index (χ3n) is 2.60. The summed E-state index contributed by atoms with van der Waals surface area (Å²) in [5.41, 5.74) is 8.91. The predicted octanol–water partition coefficient (Wildman–Crippen LogP) is 3.50. The van der Waals surface area contributed by atoms with Crippen molar-refractivity contribution in [2.45, 2.75) is 6.92 Å². The molecule has 3 nitrogen and oxygen atoms in total. The molecular formula is C13H14BrN3. The number of benzene rings is 1. The van der Waals surface area contributed by atoms with Gasteiger partial charge in [-0.3, -0.25) is 0 Å². The second-order valence-corrected chi connectivity index (χ2v) is 4.88. The van der Waals surface area contributed by atoms with Crippen LogP contribution in [0.25, 0.3) is 0 Å². The molecule has 4 heteroatoms. The van der Waals surface area contributed by atoms with Gasteiger partial charge in [0, 0.05) is 23.4 Å². The first-order chi connectivity index (χ1) is 8.08. The van der Waals surface area contributed by atoms with Gasteiger partial charge in [0.1, 0.15) is 0 Å². The number of halogens is 1. The number of nitrogens with two attached hydrogens (primary N) is 1. The average molecular weight is 292 g/mol. The third kappa shape index (κ3) is 2.58. The Kier molecular flexibility index (Phi) is 3.33. The minimum atomic E-state index is 0.655. The van der Waals surface area contributed by atoms with Crippen LogP contribution in [0, 0.1) is 6.92 Å². The highest BCUT2D eigenvalue weighted by atomic mass is 79.9. The number of nitrogens with zero attached hydrogens (tertiary/aromatic N) is 2. The van der Waals surface area contributed by atoms with Gasteiger partial charge in [0.2, 0.25) is 0 Å². The second kappa shape index (κ2) is 4.75. The van der Waals surface area contributed by atoms with Crippen LogP contribution in [-0.4, -0.2) is 12.0 Å². The zero-order valence-electron chi connectivity index (χ0n) is 9.81. The third-order valence-corrected chi connectivity index (χ3v) is 3.03. The summed E-state index contributed by atoms with van der Waals surface area (Å²) in [6, 6.07) is 10.1. The van der Waals surface area contributed by atoms with Crippen molar-refractivity contribution in [3.63, 3.8) is 0 Å². The van der Waals surface area contributed by atoms with Crippen molar-refractivity contribution in [1.82, 2.24) is 4.98 Å². The molecule has 17 heavy (non-hydrogen) atoms. The Labute approximate surface area is 109 Å². The van der Waals surface area contributed by atoms with E-state index in [9.17, 15) is 0 Å². The van der Waals surface area contributed by atoms with Gasteiger partial charge < -0.3 is 10.6 Å². The van der Waals surface area contributed by atoms with Crippen LogP contribution in [0.5, 0.6) is 0 Å². The summed E-state index contributed by atoms with van der Waals surface area (Å²) < 4.78 is 0.885. The fourth-order valence-corrected chi connectivity index (χ4v) is 1.97. The van der Waals surface area contributed by atoms with Gasteiger partial charge in [0.05, 0.1) is 5.69 Å². The molecule has 88 valence electrons. The summed E-state index contributed by atoms with van der Waals surface area (Å²) in [5.74, 6) is 0.761. The van der Waals surface area contributed by atoms with Crippen LogP contribution in [0.3, 0.4) is 0 Å². The van der Waals surface area contributed by atoms with Crippen LogP contribution >= 0.6 is 15.9 Å². The lowest BCUT2D eigenvalue weighted by Gasteiger charge is -2.20. The first kappa shape index (κ1) is 11.9. The summed E-state index contributed by atoms with van der Waals surface area (Å²) in [5, 5.41) is 0. The summed E-state index contributed by atoms with van der Waals surface area (Å²) in [6.45, 7) is 2.07. The Balaban J connectivity index is 2.36. The molecule has 0 amide bonds. The monoisotopic (exact) mass is 291 g/mol. The molecule has 1 aromatic heterocycles. The van der Waals surface area contributed by atoms with Crippen molar-refractivity contribution >= 4 is 33.1 Å². The number of aromatic nitrogens is 1. The zero-order valence-corrected chi connectivity index (χ0v) is 11.4. The maximum atomic E-state index is 5.96. The standard InChI is InChI=1S/C13H14BrN3/c1-9-3-5-11(6-4-9)17(2)13-12(15)7-10(14)8-16-13/h3-8H,15H2,1-2H3. The maximum Gasteiger partial charge on any atom is 0.156 e. The number of pyridine rings is 1. The Bertz CT molecular complexity index is 523. The Morgan fingerprint density at radius 3 is 2.47 bits per heavy atom. The van der Waals surface area contributed by atoms with E-state index < -0.39 is 0 Å². The smallest absolute Gasteiger partial charge is 0.156 e. The van der Waals surface area contributed by atoms with E-state index in [2.05, 4.69) is 52.1 Å². The van der Waals surface area contributed by atoms with Crippen molar-refractivity contribution in [3.05, 3.63) is 46.6 Å². The molecule has 0 atom stereocenters. The van der Waals surface area contributed by atoms with E-state index in [4.69, 9.17) is 5.73 Å². The molecule has 0 aliphatic carbocycles. The van der Waals surface area contributed by atoms with Gasteiger partial charge in [0.15, 0.2) is 5.82 Å². The van der Waals surface area contributed by atoms with E-state index in [0.717, 1.165) is 16.0 Å². The highest BCUT2D eigenvalue weighted by Crippen LogP contribution is 2.28. The van der Waals surface area contributed by atoms with Gasteiger partial charge in [-0.15, -0.1) is 0 Å². The Morgan fingerprint density at radius 2 is 1.88 bits per heavy atom. The zero-order chi connectivity index (χ0) is 12.4. The molecule has 0 spiro atoms. The molecule has 0 unspecified atom stereocenters. The van der Waals surface area contributed by atoms with Crippen molar-refractivity contribution in [3.8, 4) is 0 Å². The lowest BCUT2D eigenvalue weighted by molar-refractivity contribution is 1.12. The molecule has 2 N–H and O–H groups in total. The normalized spacial score (nSPS) is 10.3. The summed E-state index contributed by atoms with van der Waals surface area (Å²) in [7, 11) is 1.96. The van der Waals surface area contributed by atoms with E-state index >= 15 is 0 Å². The Hall–Kier alpha value is -1.55. The Morgan fingerprint density at radius 1 is 1.24 bits per heavy atom. The molecule has 2 rings (SSSR count). The van der Waals surface area contributed by atoms with Crippen LogP contribution in [0.2, 0.25) is 0 Å². The molecule has 0 radical (unpaired) electrons. The van der Waals surface area contributed by atoms with E-state index in [0.29, 0.717) is 5.69 Å². The van der Waals surface area contributed by atoms with Gasteiger partial charge in [-0.05, 0) is 41.1 Å². The SMILES string of the molecule is Cc1ccc(N(C)c2ncc(Br)cc2N)cc1. The highest BCUT2D eigenvalue weighted by Gasteiger charge is 2.09. The van der Waals surface area contributed by atoms with Crippen molar-refractivity contribution in [2.24, 2.45) is 0 Å². The molecule has 0 fully saturated rings. The fraction of sp³-hybridized carbons (Fsp3) is 0.154. The number of aryl methyl sites for hydroxylation is 1. The van der Waals surface area contributed by atoms with Crippen LogP contribution in [-0.2, 0) is 0 Å². The average Bonchev–Trinajstić information content (AvgIpc) is 2.29. The highest BCUT2D eigenvalue weighted by molar-refractivity contribution is 9.10. The minimum absolute atomic E-state index is 0.655. The van der Waals surface area contributed by atoms with E-state index in [1.54, 1.807) is 6.20 Å². The molecule has 0 aliphatic rings. The molecule has 1 heterocycles. The molecule has 0 aliphatic heterocycles. The molecular weight excluding hydrogens is 278 g/mol. The van der Waals surface area contributed by atoms with Gasteiger partial charge in [0.25, 0.3) is 0 Å². The van der Waals surface area contributed by atoms with Crippen LogP contribution in [0.4, 0.5) is 17.2 Å². The summed E-state index contributed by atoms with van der Waals surface area (Å²) in [4.78, 5) is 6.30. The van der Waals surface area contributed by atoms with E-state index in [-0.39, 0.29) is 0 Å². The molecule has 0 saturated carbocycles. The molecule has 0 bridgehead atoms. The largest absolute Gasteiger partial charge is 0.396 e. The lowest BCUT2D eigenvalue weighted by atomic mass is 10.2. The number of hydrogen-bond acceptors (Lipinski definition) is 3. The van der Waals surface area contributed by atoms with E-state index in [1.807, 2.05) is 18.0 Å². The minimum Gasteiger partial charge on any atom is -0.396 e. The summed E-state index contributed by atoms with van der Waals surface area (Å²) in [6.07, 6.45) is 1.75.